The minimum absolute atomic E-state index is 0.440. The maximum atomic E-state index is 5.90. The molecule has 0 spiro atoms. The summed E-state index contributed by atoms with van der Waals surface area (Å²) >= 11 is 11.7. The highest BCUT2D eigenvalue weighted by molar-refractivity contribution is 6.42. The Labute approximate surface area is 115 Å². The Morgan fingerprint density at radius 1 is 1.22 bits per heavy atom. The molecule has 1 aromatic heterocycles. The zero-order valence-electron chi connectivity index (χ0n) is 9.65. The Balaban J connectivity index is 2.17. The molecule has 0 saturated carbocycles. The quantitative estimate of drug-likeness (QED) is 0.921. The summed E-state index contributed by atoms with van der Waals surface area (Å²) in [6, 6.07) is 6.71. The molecule has 0 bridgehead atoms. The lowest BCUT2D eigenvalue weighted by Crippen LogP contribution is -2.02. The predicted molar refractivity (Wildman–Crippen MR) is 72.7 cm³/mol. The molecule has 0 radical (unpaired) electrons. The first kappa shape index (κ1) is 12.9. The lowest BCUT2D eigenvalue weighted by Gasteiger charge is -2.07. The van der Waals surface area contributed by atoms with Gasteiger partial charge in [0.25, 0.3) is 0 Å². The van der Waals surface area contributed by atoms with Crippen molar-refractivity contribution in [3.8, 4) is 11.6 Å². The number of anilines is 1. The summed E-state index contributed by atoms with van der Waals surface area (Å²) in [5.41, 5.74) is 0. The van der Waals surface area contributed by atoms with Gasteiger partial charge < -0.3 is 10.1 Å². The summed E-state index contributed by atoms with van der Waals surface area (Å²) in [7, 11) is 0. The molecule has 18 heavy (non-hydrogen) atoms. The van der Waals surface area contributed by atoms with Crippen LogP contribution in [0.25, 0.3) is 0 Å². The number of benzene rings is 1. The highest BCUT2D eigenvalue weighted by Gasteiger charge is 2.04. The van der Waals surface area contributed by atoms with Gasteiger partial charge in [0.1, 0.15) is 5.75 Å². The van der Waals surface area contributed by atoms with Crippen LogP contribution in [0.5, 0.6) is 11.6 Å². The highest BCUT2D eigenvalue weighted by Crippen LogP contribution is 2.28. The summed E-state index contributed by atoms with van der Waals surface area (Å²) in [6.07, 6.45) is 1.62. The van der Waals surface area contributed by atoms with E-state index in [0.29, 0.717) is 27.6 Å². The van der Waals surface area contributed by atoms with Gasteiger partial charge in [-0.1, -0.05) is 23.2 Å². The smallest absolute Gasteiger partial charge is 0.225 e. The van der Waals surface area contributed by atoms with Crippen LogP contribution in [-0.2, 0) is 0 Å². The summed E-state index contributed by atoms with van der Waals surface area (Å²) in [6.45, 7) is 2.71. The van der Waals surface area contributed by atoms with E-state index in [2.05, 4.69) is 15.3 Å². The molecule has 4 nitrogen and oxygen atoms in total. The van der Waals surface area contributed by atoms with Gasteiger partial charge in [-0.2, -0.15) is 4.98 Å². The lowest BCUT2D eigenvalue weighted by atomic mass is 10.3. The second-order valence-electron chi connectivity index (χ2n) is 3.43. The minimum atomic E-state index is 0.440. The molecule has 0 aliphatic rings. The molecule has 94 valence electrons. The van der Waals surface area contributed by atoms with Gasteiger partial charge in [-0.25, -0.2) is 4.98 Å². The van der Waals surface area contributed by atoms with Gasteiger partial charge in [-0.05, 0) is 19.1 Å². The van der Waals surface area contributed by atoms with Crippen molar-refractivity contribution in [1.29, 1.82) is 0 Å². The molecule has 1 N–H and O–H groups in total. The van der Waals surface area contributed by atoms with E-state index in [1.807, 2.05) is 6.92 Å². The van der Waals surface area contributed by atoms with E-state index in [4.69, 9.17) is 27.9 Å². The maximum Gasteiger partial charge on any atom is 0.225 e. The van der Waals surface area contributed by atoms with Gasteiger partial charge in [0.15, 0.2) is 0 Å². The van der Waals surface area contributed by atoms with E-state index >= 15 is 0 Å². The van der Waals surface area contributed by atoms with Crippen molar-refractivity contribution in [2.75, 3.05) is 11.9 Å². The molecule has 1 aromatic carbocycles. The maximum absolute atomic E-state index is 5.90. The molecule has 2 aromatic rings. The van der Waals surface area contributed by atoms with E-state index < -0.39 is 0 Å². The highest BCUT2D eigenvalue weighted by atomic mass is 35.5. The molecule has 0 saturated heterocycles. The van der Waals surface area contributed by atoms with Crippen molar-refractivity contribution >= 4 is 29.2 Å². The zero-order valence-corrected chi connectivity index (χ0v) is 11.2. The number of halogens is 2. The monoisotopic (exact) mass is 283 g/mol. The van der Waals surface area contributed by atoms with Crippen molar-refractivity contribution in [3.63, 3.8) is 0 Å². The summed E-state index contributed by atoms with van der Waals surface area (Å²) < 4.78 is 5.57. The van der Waals surface area contributed by atoms with Crippen LogP contribution < -0.4 is 10.1 Å². The molecule has 6 heteroatoms. The third kappa shape index (κ3) is 3.24. The van der Waals surface area contributed by atoms with Crippen molar-refractivity contribution in [2.45, 2.75) is 6.92 Å². The first-order valence-electron chi connectivity index (χ1n) is 5.39. The van der Waals surface area contributed by atoms with Crippen LogP contribution in [0.3, 0.4) is 0 Å². The fraction of sp³-hybridized carbons (Fsp3) is 0.167. The van der Waals surface area contributed by atoms with Gasteiger partial charge in [0.2, 0.25) is 11.8 Å². The molecule has 0 aliphatic heterocycles. The van der Waals surface area contributed by atoms with Crippen LogP contribution in [0.4, 0.5) is 5.95 Å². The van der Waals surface area contributed by atoms with E-state index in [-0.39, 0.29) is 0 Å². The van der Waals surface area contributed by atoms with Gasteiger partial charge in [0.05, 0.1) is 10.0 Å². The fourth-order valence-corrected chi connectivity index (χ4v) is 1.59. The molecule has 0 aliphatic carbocycles. The van der Waals surface area contributed by atoms with Crippen LogP contribution in [0, 0.1) is 0 Å². The van der Waals surface area contributed by atoms with Crippen molar-refractivity contribution in [3.05, 3.63) is 40.5 Å². The molecule has 0 amide bonds. The van der Waals surface area contributed by atoms with Gasteiger partial charge >= 0.3 is 0 Å². The average Bonchev–Trinajstić information content (AvgIpc) is 2.35. The number of nitrogens with zero attached hydrogens (tertiary/aromatic N) is 2. The van der Waals surface area contributed by atoms with Crippen LogP contribution in [-0.4, -0.2) is 16.5 Å². The second-order valence-corrected chi connectivity index (χ2v) is 4.24. The van der Waals surface area contributed by atoms with E-state index in [9.17, 15) is 0 Å². The summed E-state index contributed by atoms with van der Waals surface area (Å²) in [5.74, 6) is 1.54. The lowest BCUT2D eigenvalue weighted by molar-refractivity contribution is 0.462. The third-order valence-electron chi connectivity index (χ3n) is 2.08. The van der Waals surface area contributed by atoms with Gasteiger partial charge in [-0.3, -0.25) is 0 Å². The third-order valence-corrected chi connectivity index (χ3v) is 2.82. The molecule has 2 rings (SSSR count). The van der Waals surface area contributed by atoms with Crippen LogP contribution >= 0.6 is 23.2 Å². The molecule has 1 heterocycles. The van der Waals surface area contributed by atoms with Crippen LogP contribution in [0.1, 0.15) is 6.92 Å². The van der Waals surface area contributed by atoms with Crippen molar-refractivity contribution in [1.82, 2.24) is 9.97 Å². The van der Waals surface area contributed by atoms with Crippen molar-refractivity contribution in [2.24, 2.45) is 0 Å². The van der Waals surface area contributed by atoms with E-state index in [1.54, 1.807) is 30.5 Å². The number of rotatable bonds is 4. The van der Waals surface area contributed by atoms with Crippen molar-refractivity contribution < 1.29 is 4.74 Å². The van der Waals surface area contributed by atoms with Gasteiger partial charge in [0, 0.05) is 24.9 Å². The number of aromatic nitrogens is 2. The number of hydrogen-bond acceptors (Lipinski definition) is 4. The zero-order chi connectivity index (χ0) is 13.0. The largest absolute Gasteiger partial charge is 0.439 e. The topological polar surface area (TPSA) is 47.0 Å². The van der Waals surface area contributed by atoms with E-state index in [1.165, 1.54) is 0 Å². The first-order chi connectivity index (χ1) is 8.69. The van der Waals surface area contributed by atoms with Gasteiger partial charge in [-0.15, -0.1) is 0 Å². The number of nitrogens with one attached hydrogen (secondary N) is 1. The number of ether oxygens (including phenoxy) is 1. The van der Waals surface area contributed by atoms with Crippen LogP contribution in [0.2, 0.25) is 10.0 Å². The Hall–Kier alpha value is -1.52. The second kappa shape index (κ2) is 5.89. The Morgan fingerprint density at radius 3 is 2.78 bits per heavy atom. The SMILES string of the molecule is CCNc1nccc(Oc2ccc(Cl)c(Cl)c2)n1. The Bertz CT molecular complexity index is 549. The standard InChI is InChI=1S/C12H11Cl2N3O/c1-2-15-12-16-6-5-11(17-12)18-8-3-4-9(13)10(14)7-8/h3-7H,2H2,1H3,(H,15,16,17). The summed E-state index contributed by atoms with van der Waals surface area (Å²) in [5, 5.41) is 3.93. The molecule has 0 fully saturated rings. The molecule has 0 unspecified atom stereocenters. The normalized spacial score (nSPS) is 10.2. The average molecular weight is 284 g/mol. The first-order valence-corrected chi connectivity index (χ1v) is 6.14. The Kier molecular flexibility index (Phi) is 4.23. The fourth-order valence-electron chi connectivity index (χ4n) is 1.30. The molecular weight excluding hydrogens is 273 g/mol. The number of hydrogen-bond donors (Lipinski definition) is 1. The predicted octanol–water partition coefficient (Wildman–Crippen LogP) is 4.01. The molecular formula is C12H11Cl2N3O. The minimum Gasteiger partial charge on any atom is -0.439 e. The van der Waals surface area contributed by atoms with E-state index in [0.717, 1.165) is 6.54 Å². The summed E-state index contributed by atoms with van der Waals surface area (Å²) in [4.78, 5) is 8.24. The molecule has 0 atom stereocenters. The Morgan fingerprint density at radius 2 is 2.06 bits per heavy atom. The van der Waals surface area contributed by atoms with Crippen LogP contribution in [0.15, 0.2) is 30.5 Å².